The number of nitrogens with zero attached hydrogens (tertiary/aromatic N) is 3. The molecule has 0 bridgehead atoms. The molecule has 2 aliphatic heterocycles. The molecule has 2 unspecified atom stereocenters. The van der Waals surface area contributed by atoms with Crippen molar-refractivity contribution in [3.63, 3.8) is 0 Å². The summed E-state index contributed by atoms with van der Waals surface area (Å²) >= 11 is -1.19. The van der Waals surface area contributed by atoms with Crippen molar-refractivity contribution in [3.8, 4) is 17.6 Å². The number of fused-ring (bicyclic) bond motifs is 2. The van der Waals surface area contributed by atoms with E-state index < -0.39 is 11.4 Å². The summed E-state index contributed by atoms with van der Waals surface area (Å²) in [6.07, 6.45) is 5.62. The first kappa shape index (κ1) is 30.4. The monoisotopic (exact) mass is 613 g/mol. The van der Waals surface area contributed by atoms with Gasteiger partial charge in [0, 0.05) is 48.0 Å². The largest absolute Gasteiger partial charge is 0.598 e. The fourth-order valence-electron chi connectivity index (χ4n) is 6.43. The van der Waals surface area contributed by atoms with E-state index in [1.54, 1.807) is 6.20 Å². The van der Waals surface area contributed by atoms with Crippen LogP contribution in [0.2, 0.25) is 0 Å². The Morgan fingerprint density at radius 2 is 1.98 bits per heavy atom. The van der Waals surface area contributed by atoms with Crippen LogP contribution in [0.3, 0.4) is 0 Å². The number of aliphatic hydroxyl groups excluding tert-OH is 1. The molecule has 230 valence electrons. The summed E-state index contributed by atoms with van der Waals surface area (Å²) < 4.78 is 22.1. The van der Waals surface area contributed by atoms with Gasteiger partial charge >= 0.3 is 0 Å². The highest BCUT2D eigenvalue weighted by Gasteiger charge is 2.50. The lowest BCUT2D eigenvalue weighted by Crippen LogP contribution is -2.50. The molecule has 3 aliphatic rings. The van der Waals surface area contributed by atoms with Crippen molar-refractivity contribution in [1.82, 2.24) is 14.7 Å². The van der Waals surface area contributed by atoms with Crippen molar-refractivity contribution >= 4 is 28.8 Å². The molecule has 1 aromatic heterocycles. The van der Waals surface area contributed by atoms with Gasteiger partial charge in [0.15, 0.2) is 5.82 Å². The molecule has 1 spiro atoms. The fraction of sp³-hybridized carbons (Fsp3) is 0.441. The van der Waals surface area contributed by atoms with Crippen LogP contribution in [0, 0.1) is 17.3 Å². The van der Waals surface area contributed by atoms with E-state index in [4.69, 9.17) is 4.74 Å². The van der Waals surface area contributed by atoms with Gasteiger partial charge in [-0.05, 0) is 75.1 Å². The van der Waals surface area contributed by atoms with Gasteiger partial charge in [-0.1, -0.05) is 36.3 Å². The van der Waals surface area contributed by atoms with Crippen LogP contribution in [0.25, 0.3) is 0 Å². The first-order valence-corrected chi connectivity index (χ1v) is 16.3. The van der Waals surface area contributed by atoms with Gasteiger partial charge in [-0.15, -0.1) is 4.72 Å². The van der Waals surface area contributed by atoms with Gasteiger partial charge in [0.2, 0.25) is 5.91 Å². The second kappa shape index (κ2) is 12.4. The SMILES string of the molecule is CC(C)(C)[S+]([O-])NC1c2ccccc2CC12CCN(c1ncc(C#CCOc3ccc4c(c3)NC(=O)CC4)nc1CO)CC2. The number of ether oxygens (including phenoxy) is 1. The molecule has 0 radical (unpaired) electrons. The quantitative estimate of drug-likeness (QED) is 0.279. The molecule has 10 heteroatoms. The summed E-state index contributed by atoms with van der Waals surface area (Å²) in [6.45, 7) is 7.43. The summed E-state index contributed by atoms with van der Waals surface area (Å²) in [4.78, 5) is 23.2. The molecule has 3 aromatic rings. The predicted octanol–water partition coefficient (Wildman–Crippen LogP) is 4.22. The lowest BCUT2D eigenvalue weighted by molar-refractivity contribution is -0.116. The first-order chi connectivity index (χ1) is 21.1. The summed E-state index contributed by atoms with van der Waals surface area (Å²) in [5.41, 5.74) is 5.38. The number of piperidine rings is 1. The van der Waals surface area contributed by atoms with Crippen LogP contribution in [-0.2, 0) is 35.6 Å². The molecule has 1 aliphatic carbocycles. The van der Waals surface area contributed by atoms with E-state index in [1.165, 1.54) is 11.1 Å². The van der Waals surface area contributed by atoms with Gasteiger partial charge in [-0.2, -0.15) is 0 Å². The highest BCUT2D eigenvalue weighted by Crippen LogP contribution is 2.53. The number of nitrogens with one attached hydrogen (secondary N) is 2. The number of rotatable bonds is 6. The Morgan fingerprint density at radius 1 is 1.18 bits per heavy atom. The number of aryl methyl sites for hydroxylation is 1. The highest BCUT2D eigenvalue weighted by atomic mass is 32.2. The van der Waals surface area contributed by atoms with Crippen LogP contribution < -0.4 is 19.7 Å². The van der Waals surface area contributed by atoms with Gasteiger partial charge in [0.1, 0.15) is 28.5 Å². The molecular formula is C34H39N5O4S. The van der Waals surface area contributed by atoms with Crippen LogP contribution in [0.5, 0.6) is 5.75 Å². The third kappa shape index (κ3) is 6.28. The van der Waals surface area contributed by atoms with E-state index in [-0.39, 0.29) is 35.3 Å². The summed E-state index contributed by atoms with van der Waals surface area (Å²) in [5, 5.41) is 13.1. The van der Waals surface area contributed by atoms with Crippen molar-refractivity contribution in [3.05, 3.63) is 76.7 Å². The molecule has 2 atom stereocenters. The van der Waals surface area contributed by atoms with Crippen LogP contribution >= 0.6 is 0 Å². The standard InChI is InChI=1S/C34H39N5O4S/c1-33(2,3)44(42)38-31-27-9-5-4-7-24(27)20-34(31)14-16-39(17-15-34)32-29(22-40)36-25(21-35-32)8-6-18-43-26-12-10-23-11-13-30(41)37-28(23)19-26/h4-5,7,9-10,12,19,21,31,38,40H,11,13-18,20,22H2,1-3H3,(H,37,41). The van der Waals surface area contributed by atoms with Gasteiger partial charge < -0.3 is 24.6 Å². The van der Waals surface area contributed by atoms with Gasteiger partial charge in [-0.3, -0.25) is 4.79 Å². The number of hydrogen-bond acceptors (Lipinski definition) is 8. The zero-order valence-corrected chi connectivity index (χ0v) is 26.3. The summed E-state index contributed by atoms with van der Waals surface area (Å²) in [7, 11) is 0. The maximum atomic E-state index is 13.2. The minimum absolute atomic E-state index is 0.0132. The second-order valence-electron chi connectivity index (χ2n) is 12.8. The molecule has 6 rings (SSSR count). The normalized spacial score (nSPS) is 19.4. The second-order valence-corrected chi connectivity index (χ2v) is 14.8. The van der Waals surface area contributed by atoms with Crippen molar-refractivity contribution in [1.29, 1.82) is 0 Å². The van der Waals surface area contributed by atoms with Crippen molar-refractivity contribution in [2.45, 2.75) is 70.3 Å². The number of aliphatic hydroxyl groups is 1. The molecule has 1 amide bonds. The molecule has 0 saturated carbocycles. The Hall–Kier alpha value is -3.62. The van der Waals surface area contributed by atoms with Crippen LogP contribution in [0.4, 0.5) is 11.5 Å². The first-order valence-electron chi connectivity index (χ1n) is 15.2. The van der Waals surface area contributed by atoms with Crippen LogP contribution in [0.1, 0.15) is 74.2 Å². The molecule has 9 nitrogen and oxygen atoms in total. The number of aromatic nitrogens is 2. The fourth-order valence-corrected chi connectivity index (χ4v) is 7.37. The number of hydrogen-bond donors (Lipinski definition) is 3. The number of carbonyl (C=O) groups excluding carboxylic acids is 1. The Balaban J connectivity index is 1.11. The minimum Gasteiger partial charge on any atom is -0.598 e. The maximum absolute atomic E-state index is 13.2. The van der Waals surface area contributed by atoms with Crippen molar-refractivity contribution in [2.24, 2.45) is 5.41 Å². The molecule has 3 heterocycles. The summed E-state index contributed by atoms with van der Waals surface area (Å²) in [5.74, 6) is 7.29. The molecule has 3 N–H and O–H groups in total. The van der Waals surface area contributed by atoms with Crippen LogP contribution in [-0.4, -0.2) is 50.0 Å². The number of benzene rings is 2. The molecule has 2 aromatic carbocycles. The van der Waals surface area contributed by atoms with E-state index >= 15 is 0 Å². The Morgan fingerprint density at radius 3 is 2.75 bits per heavy atom. The third-order valence-corrected chi connectivity index (χ3v) is 10.4. The Bertz CT molecular complexity index is 1600. The van der Waals surface area contributed by atoms with Gasteiger partial charge in [0.05, 0.1) is 18.8 Å². The van der Waals surface area contributed by atoms with Gasteiger partial charge in [0.25, 0.3) is 0 Å². The topological polar surface area (TPSA) is 123 Å². The average Bonchev–Trinajstić information content (AvgIpc) is 3.31. The highest BCUT2D eigenvalue weighted by molar-refractivity contribution is 7.90. The average molecular weight is 614 g/mol. The minimum atomic E-state index is -1.19. The van der Waals surface area contributed by atoms with Crippen molar-refractivity contribution in [2.75, 3.05) is 29.9 Å². The Kier molecular flexibility index (Phi) is 8.57. The lowest BCUT2D eigenvalue weighted by Gasteiger charge is -2.44. The smallest absolute Gasteiger partial charge is 0.224 e. The van der Waals surface area contributed by atoms with E-state index in [0.29, 0.717) is 29.4 Å². The molecule has 1 saturated heterocycles. The summed E-state index contributed by atoms with van der Waals surface area (Å²) in [6, 6.07) is 14.2. The molecule has 1 fully saturated rings. The number of anilines is 2. The van der Waals surface area contributed by atoms with E-state index in [0.717, 1.165) is 50.0 Å². The van der Waals surface area contributed by atoms with Crippen LogP contribution in [0.15, 0.2) is 48.7 Å². The van der Waals surface area contributed by atoms with E-state index in [2.05, 4.69) is 61.0 Å². The zero-order valence-electron chi connectivity index (χ0n) is 25.5. The maximum Gasteiger partial charge on any atom is 0.224 e. The van der Waals surface area contributed by atoms with Crippen molar-refractivity contribution < 1.29 is 19.2 Å². The van der Waals surface area contributed by atoms with E-state index in [1.807, 2.05) is 39.0 Å². The lowest BCUT2D eigenvalue weighted by atomic mass is 9.73. The third-order valence-electron chi connectivity index (χ3n) is 8.84. The van der Waals surface area contributed by atoms with E-state index in [9.17, 15) is 14.5 Å². The zero-order chi connectivity index (χ0) is 30.9. The predicted molar refractivity (Wildman–Crippen MR) is 172 cm³/mol. The molecule has 44 heavy (non-hydrogen) atoms. The van der Waals surface area contributed by atoms with Gasteiger partial charge in [-0.25, -0.2) is 9.97 Å². The molecular weight excluding hydrogens is 574 g/mol. The number of carbonyl (C=O) groups is 1. The Labute approximate surface area is 262 Å². The number of amides is 1.